The molecule has 1 aliphatic carbocycles. The lowest BCUT2D eigenvalue weighted by molar-refractivity contribution is 0.0674. The van der Waals surface area contributed by atoms with Crippen molar-refractivity contribution in [2.45, 2.75) is 39.2 Å². The number of hydrogen-bond donors (Lipinski definition) is 1. The SMILES string of the molecule is CC1CCC(Oc2cccc(Br)c2C(=O)O)CC1C. The molecule has 0 spiro atoms. The molecule has 1 fully saturated rings. The Morgan fingerprint density at radius 1 is 1.32 bits per heavy atom. The number of hydrogen-bond acceptors (Lipinski definition) is 2. The van der Waals surface area contributed by atoms with Crippen molar-refractivity contribution in [3.05, 3.63) is 28.2 Å². The van der Waals surface area contributed by atoms with E-state index in [-0.39, 0.29) is 11.7 Å². The first kappa shape index (κ1) is 14.4. The molecule has 3 nitrogen and oxygen atoms in total. The van der Waals surface area contributed by atoms with Gasteiger partial charge in [0.15, 0.2) is 0 Å². The molecule has 1 N–H and O–H groups in total. The maximum absolute atomic E-state index is 11.3. The van der Waals surface area contributed by atoms with E-state index >= 15 is 0 Å². The van der Waals surface area contributed by atoms with Gasteiger partial charge in [0.1, 0.15) is 11.3 Å². The Balaban J connectivity index is 2.15. The molecule has 19 heavy (non-hydrogen) atoms. The Labute approximate surface area is 122 Å². The van der Waals surface area contributed by atoms with E-state index < -0.39 is 5.97 Å². The van der Waals surface area contributed by atoms with Crippen LogP contribution in [0, 0.1) is 11.8 Å². The predicted molar refractivity (Wildman–Crippen MR) is 77.7 cm³/mol. The monoisotopic (exact) mass is 326 g/mol. The molecule has 0 heterocycles. The van der Waals surface area contributed by atoms with Crippen LogP contribution in [0.3, 0.4) is 0 Å². The van der Waals surface area contributed by atoms with Gasteiger partial charge in [0.05, 0.1) is 6.10 Å². The van der Waals surface area contributed by atoms with Crippen molar-refractivity contribution in [2.75, 3.05) is 0 Å². The highest BCUT2D eigenvalue weighted by atomic mass is 79.9. The normalized spacial score (nSPS) is 27.0. The van der Waals surface area contributed by atoms with E-state index in [4.69, 9.17) is 4.74 Å². The molecule has 1 aliphatic rings. The lowest BCUT2D eigenvalue weighted by Crippen LogP contribution is -2.29. The molecule has 0 aromatic heterocycles. The Morgan fingerprint density at radius 2 is 2.05 bits per heavy atom. The summed E-state index contributed by atoms with van der Waals surface area (Å²) in [6.45, 7) is 4.50. The van der Waals surface area contributed by atoms with Crippen LogP contribution in [0.15, 0.2) is 22.7 Å². The smallest absolute Gasteiger partial charge is 0.340 e. The van der Waals surface area contributed by atoms with Crippen molar-refractivity contribution in [1.29, 1.82) is 0 Å². The van der Waals surface area contributed by atoms with E-state index in [1.165, 1.54) is 0 Å². The Bertz CT molecular complexity index is 472. The summed E-state index contributed by atoms with van der Waals surface area (Å²) >= 11 is 3.27. The Kier molecular flexibility index (Phi) is 4.50. The first-order valence-corrected chi connectivity index (χ1v) is 7.46. The summed E-state index contributed by atoms with van der Waals surface area (Å²) in [5.41, 5.74) is 0.216. The van der Waals surface area contributed by atoms with Gasteiger partial charge < -0.3 is 9.84 Å². The topological polar surface area (TPSA) is 46.5 Å². The van der Waals surface area contributed by atoms with Crippen molar-refractivity contribution >= 4 is 21.9 Å². The van der Waals surface area contributed by atoms with Crippen LogP contribution >= 0.6 is 15.9 Å². The molecule has 3 unspecified atom stereocenters. The maximum atomic E-state index is 11.3. The van der Waals surface area contributed by atoms with Gasteiger partial charge in [0.2, 0.25) is 0 Å². The van der Waals surface area contributed by atoms with E-state index in [9.17, 15) is 9.90 Å². The Morgan fingerprint density at radius 3 is 2.68 bits per heavy atom. The lowest BCUT2D eigenvalue weighted by Gasteiger charge is -2.32. The van der Waals surface area contributed by atoms with Crippen molar-refractivity contribution in [2.24, 2.45) is 11.8 Å². The van der Waals surface area contributed by atoms with Crippen LogP contribution in [0.5, 0.6) is 5.75 Å². The number of carboxylic acid groups (broad SMARTS) is 1. The predicted octanol–water partition coefficient (Wildman–Crippen LogP) is 4.35. The number of aromatic carboxylic acids is 1. The molecule has 1 aromatic rings. The fraction of sp³-hybridized carbons (Fsp3) is 0.533. The van der Waals surface area contributed by atoms with Crippen LogP contribution in [0.2, 0.25) is 0 Å². The molecule has 2 rings (SSSR count). The molecule has 0 saturated heterocycles. The molecule has 0 aliphatic heterocycles. The highest BCUT2D eigenvalue weighted by Gasteiger charge is 2.27. The van der Waals surface area contributed by atoms with E-state index in [1.807, 2.05) is 0 Å². The van der Waals surface area contributed by atoms with Gasteiger partial charge in [0, 0.05) is 4.47 Å². The third-order valence-corrected chi connectivity index (χ3v) is 4.69. The first-order chi connectivity index (χ1) is 8.99. The molecule has 0 bridgehead atoms. The second-order valence-electron chi connectivity index (χ2n) is 5.43. The van der Waals surface area contributed by atoms with Crippen molar-refractivity contribution < 1.29 is 14.6 Å². The fourth-order valence-electron chi connectivity index (χ4n) is 2.59. The molecule has 104 valence electrons. The minimum atomic E-state index is -0.959. The molecular formula is C15H19BrO3. The molecule has 0 amide bonds. The van der Waals surface area contributed by atoms with Crippen molar-refractivity contribution in [1.82, 2.24) is 0 Å². The second-order valence-corrected chi connectivity index (χ2v) is 6.28. The highest BCUT2D eigenvalue weighted by molar-refractivity contribution is 9.10. The summed E-state index contributed by atoms with van der Waals surface area (Å²) < 4.78 is 6.50. The van der Waals surface area contributed by atoms with Gasteiger partial charge >= 0.3 is 5.97 Å². The maximum Gasteiger partial charge on any atom is 0.340 e. The van der Waals surface area contributed by atoms with Crippen LogP contribution in [0.1, 0.15) is 43.5 Å². The lowest BCUT2D eigenvalue weighted by atomic mass is 9.80. The van der Waals surface area contributed by atoms with Crippen molar-refractivity contribution in [3.8, 4) is 5.75 Å². The van der Waals surface area contributed by atoms with Gasteiger partial charge in [-0.2, -0.15) is 0 Å². The van der Waals surface area contributed by atoms with E-state index in [0.717, 1.165) is 25.2 Å². The summed E-state index contributed by atoms with van der Waals surface area (Å²) in [4.78, 5) is 11.3. The zero-order valence-electron chi connectivity index (χ0n) is 11.2. The largest absolute Gasteiger partial charge is 0.489 e. The third-order valence-electron chi connectivity index (χ3n) is 4.03. The number of benzene rings is 1. The van der Waals surface area contributed by atoms with E-state index in [2.05, 4.69) is 29.8 Å². The third kappa shape index (κ3) is 3.30. The minimum Gasteiger partial charge on any atom is -0.489 e. The van der Waals surface area contributed by atoms with Crippen LogP contribution in [0.4, 0.5) is 0 Å². The highest BCUT2D eigenvalue weighted by Crippen LogP contribution is 2.34. The van der Waals surface area contributed by atoms with Gasteiger partial charge in [-0.25, -0.2) is 4.79 Å². The second kappa shape index (κ2) is 5.95. The van der Waals surface area contributed by atoms with Gasteiger partial charge in [-0.05, 0) is 59.2 Å². The minimum absolute atomic E-state index is 0.124. The number of rotatable bonds is 3. The quantitative estimate of drug-likeness (QED) is 0.898. The van der Waals surface area contributed by atoms with Gasteiger partial charge in [0.25, 0.3) is 0 Å². The standard InChI is InChI=1S/C15H19BrO3/c1-9-6-7-11(8-10(9)2)19-13-5-3-4-12(16)14(13)15(17)18/h3-5,9-11H,6-8H2,1-2H3,(H,17,18). The zero-order valence-corrected chi connectivity index (χ0v) is 12.8. The molecule has 1 aromatic carbocycles. The van der Waals surface area contributed by atoms with Crippen LogP contribution in [-0.2, 0) is 0 Å². The summed E-state index contributed by atoms with van der Waals surface area (Å²) in [6.07, 6.45) is 3.25. The molecule has 1 saturated carbocycles. The van der Waals surface area contributed by atoms with Crippen LogP contribution in [-0.4, -0.2) is 17.2 Å². The average Bonchev–Trinajstić information content (AvgIpc) is 2.33. The number of carboxylic acids is 1. The fourth-order valence-corrected chi connectivity index (χ4v) is 3.11. The van der Waals surface area contributed by atoms with Gasteiger partial charge in [-0.1, -0.05) is 19.9 Å². The zero-order chi connectivity index (χ0) is 14.0. The summed E-state index contributed by atoms with van der Waals surface area (Å²) in [5.74, 6) is 0.855. The van der Waals surface area contributed by atoms with Crippen LogP contribution in [0.25, 0.3) is 0 Å². The van der Waals surface area contributed by atoms with Crippen molar-refractivity contribution in [3.63, 3.8) is 0 Å². The summed E-state index contributed by atoms with van der Waals surface area (Å²) in [5, 5.41) is 9.26. The molecular weight excluding hydrogens is 308 g/mol. The van der Waals surface area contributed by atoms with Crippen LogP contribution < -0.4 is 4.74 Å². The number of ether oxygens (including phenoxy) is 1. The van der Waals surface area contributed by atoms with E-state index in [0.29, 0.717) is 16.1 Å². The number of halogens is 1. The first-order valence-electron chi connectivity index (χ1n) is 6.67. The van der Waals surface area contributed by atoms with E-state index in [1.54, 1.807) is 18.2 Å². The molecule has 0 radical (unpaired) electrons. The summed E-state index contributed by atoms with van der Waals surface area (Å²) in [7, 11) is 0. The average molecular weight is 327 g/mol. The van der Waals surface area contributed by atoms with Gasteiger partial charge in [-0.3, -0.25) is 0 Å². The molecule has 4 heteroatoms. The Hall–Kier alpha value is -1.03. The van der Waals surface area contributed by atoms with Gasteiger partial charge in [-0.15, -0.1) is 0 Å². The molecule has 3 atom stereocenters. The summed E-state index contributed by atoms with van der Waals surface area (Å²) in [6, 6.07) is 5.26. The number of carbonyl (C=O) groups is 1.